The molecule has 0 aromatic heterocycles. The van der Waals surface area contributed by atoms with Gasteiger partial charge in [0, 0.05) is 23.2 Å². The Morgan fingerprint density at radius 1 is 0.875 bits per heavy atom. The fraction of sp³-hybridized carbons (Fsp3) is 0.394. The van der Waals surface area contributed by atoms with Gasteiger partial charge in [-0.1, -0.05) is 66.7 Å². The van der Waals surface area contributed by atoms with Gasteiger partial charge in [-0.25, -0.2) is 0 Å². The zero-order chi connectivity index (χ0) is 29.3. The van der Waals surface area contributed by atoms with Crippen molar-refractivity contribution in [3.05, 3.63) is 101 Å². The van der Waals surface area contributed by atoms with E-state index in [-0.39, 0.29) is 23.1 Å². The highest BCUT2D eigenvalue weighted by molar-refractivity contribution is 5.96. The van der Waals surface area contributed by atoms with Crippen LogP contribution >= 0.6 is 0 Å². The van der Waals surface area contributed by atoms with Crippen LogP contribution in [0.3, 0.4) is 0 Å². The number of phenolic OH excluding ortho intramolecular Hbond substituents is 1. The summed E-state index contributed by atoms with van der Waals surface area (Å²) in [4.78, 5) is 28.5. The van der Waals surface area contributed by atoms with Gasteiger partial charge in [-0.05, 0) is 77.3 Å². The number of aliphatic hydroxyl groups is 1. The monoisotopic (exact) mass is 545 g/mol. The second kappa shape index (κ2) is 14.1. The van der Waals surface area contributed by atoms with Gasteiger partial charge in [-0.3, -0.25) is 14.5 Å². The van der Waals surface area contributed by atoms with Crippen LogP contribution in [0.1, 0.15) is 54.2 Å². The Kier molecular flexibility index (Phi) is 10.9. The summed E-state index contributed by atoms with van der Waals surface area (Å²) < 4.78 is 0. The molecule has 4 N–H and O–H groups in total. The molecule has 0 aliphatic rings. The van der Waals surface area contributed by atoms with Crippen molar-refractivity contribution in [3.63, 3.8) is 0 Å². The first-order valence-corrected chi connectivity index (χ1v) is 13.8. The van der Waals surface area contributed by atoms with Crippen molar-refractivity contribution < 1.29 is 19.8 Å². The van der Waals surface area contributed by atoms with Gasteiger partial charge in [0.05, 0.1) is 18.2 Å². The number of hydrogen-bond donors (Lipinski definition) is 4. The SMILES string of the molecule is Cc1c(O)cccc1C(=O)NC(Cc1ccccc1)C(O)CCN(C)C(Cc1ccccc1)C(=O)NC(C)(C)C. The molecule has 2 amide bonds. The van der Waals surface area contributed by atoms with Crippen molar-refractivity contribution in [2.45, 2.75) is 70.7 Å². The summed E-state index contributed by atoms with van der Waals surface area (Å²) in [6, 6.07) is 23.4. The van der Waals surface area contributed by atoms with Gasteiger partial charge in [0.2, 0.25) is 5.91 Å². The van der Waals surface area contributed by atoms with E-state index < -0.39 is 18.2 Å². The molecule has 0 saturated carbocycles. The number of nitrogens with one attached hydrogen (secondary N) is 2. The van der Waals surface area contributed by atoms with Crippen LogP contribution in [0, 0.1) is 6.92 Å². The van der Waals surface area contributed by atoms with Crippen LogP contribution in [0.25, 0.3) is 0 Å². The molecule has 0 aliphatic heterocycles. The highest BCUT2D eigenvalue weighted by Crippen LogP contribution is 2.20. The number of aromatic hydroxyl groups is 1. The fourth-order valence-corrected chi connectivity index (χ4v) is 4.70. The molecule has 0 fully saturated rings. The molecule has 7 heteroatoms. The second-order valence-electron chi connectivity index (χ2n) is 11.5. The van der Waals surface area contributed by atoms with Crippen molar-refractivity contribution in [2.24, 2.45) is 0 Å². The molecule has 0 saturated heterocycles. The number of rotatable bonds is 12. The van der Waals surface area contributed by atoms with E-state index in [1.165, 1.54) is 0 Å². The van der Waals surface area contributed by atoms with Crippen molar-refractivity contribution in [2.75, 3.05) is 13.6 Å². The Morgan fingerprint density at radius 2 is 1.45 bits per heavy atom. The number of hydrogen-bond acceptors (Lipinski definition) is 5. The molecule has 3 atom stereocenters. The molecule has 0 heterocycles. The van der Waals surface area contributed by atoms with Crippen LogP contribution in [-0.4, -0.2) is 64.2 Å². The molecule has 0 spiro atoms. The Morgan fingerprint density at radius 3 is 2.02 bits per heavy atom. The number of carbonyl (C=O) groups excluding carboxylic acids is 2. The van der Waals surface area contributed by atoms with Crippen LogP contribution < -0.4 is 10.6 Å². The minimum Gasteiger partial charge on any atom is -0.508 e. The number of aliphatic hydroxyl groups excluding tert-OH is 1. The summed E-state index contributed by atoms with van der Waals surface area (Å²) in [7, 11) is 1.89. The Balaban J connectivity index is 1.75. The lowest BCUT2D eigenvalue weighted by Crippen LogP contribution is -2.53. The predicted molar refractivity (Wildman–Crippen MR) is 159 cm³/mol. The third-order valence-electron chi connectivity index (χ3n) is 7.01. The van der Waals surface area contributed by atoms with Gasteiger partial charge < -0.3 is 20.8 Å². The van der Waals surface area contributed by atoms with Crippen LogP contribution in [0.2, 0.25) is 0 Å². The molecular formula is C33H43N3O4. The first-order valence-electron chi connectivity index (χ1n) is 13.8. The highest BCUT2D eigenvalue weighted by Gasteiger charge is 2.29. The van der Waals surface area contributed by atoms with Crippen molar-refractivity contribution >= 4 is 11.8 Å². The summed E-state index contributed by atoms with van der Waals surface area (Å²) in [5.41, 5.74) is 2.52. The quantitative estimate of drug-likeness (QED) is 0.273. The number of benzene rings is 3. The predicted octanol–water partition coefficient (Wildman–Crippen LogP) is 4.25. The second-order valence-corrected chi connectivity index (χ2v) is 11.5. The largest absolute Gasteiger partial charge is 0.508 e. The van der Waals surface area contributed by atoms with E-state index in [1.54, 1.807) is 25.1 Å². The van der Waals surface area contributed by atoms with Crippen molar-refractivity contribution in [3.8, 4) is 5.75 Å². The zero-order valence-corrected chi connectivity index (χ0v) is 24.2. The molecule has 40 heavy (non-hydrogen) atoms. The third-order valence-corrected chi connectivity index (χ3v) is 7.01. The number of amides is 2. The van der Waals surface area contributed by atoms with Gasteiger partial charge in [0.25, 0.3) is 5.91 Å². The Labute approximate surface area is 238 Å². The summed E-state index contributed by atoms with van der Waals surface area (Å²) in [5, 5.41) is 27.5. The summed E-state index contributed by atoms with van der Waals surface area (Å²) in [6.07, 6.45) is 0.456. The first kappa shape index (κ1) is 30.9. The van der Waals surface area contributed by atoms with E-state index in [9.17, 15) is 19.8 Å². The maximum Gasteiger partial charge on any atom is 0.252 e. The lowest BCUT2D eigenvalue weighted by molar-refractivity contribution is -0.127. The number of phenols is 1. The topological polar surface area (TPSA) is 102 Å². The molecule has 3 rings (SSSR count). The lowest BCUT2D eigenvalue weighted by Gasteiger charge is -2.32. The molecular weight excluding hydrogens is 502 g/mol. The molecule has 3 aromatic rings. The van der Waals surface area contributed by atoms with Crippen LogP contribution in [0.4, 0.5) is 0 Å². The van der Waals surface area contributed by atoms with E-state index in [1.807, 2.05) is 93.4 Å². The molecule has 3 aromatic carbocycles. The van der Waals surface area contributed by atoms with E-state index >= 15 is 0 Å². The molecule has 0 aliphatic carbocycles. The fourth-order valence-electron chi connectivity index (χ4n) is 4.70. The smallest absolute Gasteiger partial charge is 0.252 e. The standard InChI is InChI=1S/C33H43N3O4/c1-23-26(17-12-18-29(23)37)31(39)34-27(21-24-13-8-6-9-14-24)30(38)19-20-36(5)28(32(40)35-33(2,3)4)22-25-15-10-7-11-16-25/h6-18,27-28,30,37-38H,19-22H2,1-5H3,(H,34,39)(H,35,40). The summed E-state index contributed by atoms with van der Waals surface area (Å²) >= 11 is 0. The Bertz CT molecular complexity index is 1240. The highest BCUT2D eigenvalue weighted by atomic mass is 16.3. The molecule has 0 radical (unpaired) electrons. The van der Waals surface area contributed by atoms with Gasteiger partial charge in [0.1, 0.15) is 5.75 Å². The summed E-state index contributed by atoms with van der Waals surface area (Å²) in [5.74, 6) is -0.373. The van der Waals surface area contributed by atoms with E-state index in [0.717, 1.165) is 11.1 Å². The Hall–Kier alpha value is -3.68. The van der Waals surface area contributed by atoms with Crippen LogP contribution in [-0.2, 0) is 17.6 Å². The van der Waals surface area contributed by atoms with Gasteiger partial charge in [-0.2, -0.15) is 0 Å². The van der Waals surface area contributed by atoms with Gasteiger partial charge in [0.15, 0.2) is 0 Å². The average Bonchev–Trinajstić information content (AvgIpc) is 2.91. The van der Waals surface area contributed by atoms with Gasteiger partial charge in [-0.15, -0.1) is 0 Å². The minimum atomic E-state index is -0.868. The summed E-state index contributed by atoms with van der Waals surface area (Å²) in [6.45, 7) is 8.01. The zero-order valence-electron chi connectivity index (χ0n) is 24.2. The van der Waals surface area contributed by atoms with Gasteiger partial charge >= 0.3 is 0 Å². The van der Waals surface area contributed by atoms with E-state index in [0.29, 0.717) is 36.9 Å². The average molecular weight is 546 g/mol. The molecule has 3 unspecified atom stereocenters. The molecule has 214 valence electrons. The maximum atomic E-state index is 13.3. The van der Waals surface area contributed by atoms with E-state index in [4.69, 9.17) is 0 Å². The molecule has 7 nitrogen and oxygen atoms in total. The number of carbonyl (C=O) groups is 2. The third kappa shape index (κ3) is 9.21. The lowest BCUT2D eigenvalue weighted by atomic mass is 9.97. The van der Waals surface area contributed by atoms with Crippen molar-refractivity contribution in [1.82, 2.24) is 15.5 Å². The van der Waals surface area contributed by atoms with E-state index in [2.05, 4.69) is 10.6 Å². The molecule has 0 bridgehead atoms. The minimum absolute atomic E-state index is 0.0485. The van der Waals surface area contributed by atoms with Crippen molar-refractivity contribution in [1.29, 1.82) is 0 Å². The maximum absolute atomic E-state index is 13.3. The first-order chi connectivity index (χ1) is 18.9. The van der Waals surface area contributed by atoms with Crippen LogP contribution in [0.15, 0.2) is 78.9 Å². The normalized spacial score (nSPS) is 13.9. The van der Waals surface area contributed by atoms with Crippen LogP contribution in [0.5, 0.6) is 5.75 Å². The number of nitrogens with zero attached hydrogens (tertiary/aromatic N) is 1. The number of likely N-dealkylation sites (N-methyl/N-ethyl adjacent to an activating group) is 1.